The first-order chi connectivity index (χ1) is 19.6. The topological polar surface area (TPSA) is 135 Å². The number of nitrogens with zero attached hydrogens (tertiary/aromatic N) is 1. The van der Waals surface area contributed by atoms with Gasteiger partial charge in [-0.25, -0.2) is 13.8 Å². The molecule has 41 heavy (non-hydrogen) atoms. The van der Waals surface area contributed by atoms with Crippen molar-refractivity contribution in [1.82, 2.24) is 10.1 Å². The van der Waals surface area contributed by atoms with Crippen LogP contribution in [0.5, 0.6) is 11.5 Å². The van der Waals surface area contributed by atoms with E-state index >= 15 is 0 Å². The molecular weight excluding hydrogens is 544 g/mol. The number of carbonyl (C=O) groups is 2. The molecule has 0 aliphatic rings. The molecule has 0 spiro atoms. The van der Waals surface area contributed by atoms with Crippen molar-refractivity contribution in [3.05, 3.63) is 83.9 Å². The molecule has 0 saturated carbocycles. The first kappa shape index (κ1) is 31.3. The lowest BCUT2D eigenvalue weighted by molar-refractivity contribution is -0.123. The van der Waals surface area contributed by atoms with Gasteiger partial charge in [-0.05, 0) is 92.4 Å². The normalized spacial score (nSPS) is 12.2. The van der Waals surface area contributed by atoms with Gasteiger partial charge in [-0.3, -0.25) is 9.59 Å². The third-order valence-corrected chi connectivity index (χ3v) is 7.23. The maximum absolute atomic E-state index is 12.8. The van der Waals surface area contributed by atoms with Crippen molar-refractivity contribution >= 4 is 33.7 Å². The molecular formula is C30H36N4O6S. The monoisotopic (exact) mass is 580 g/mol. The lowest BCUT2D eigenvalue weighted by Crippen LogP contribution is -2.46. The summed E-state index contributed by atoms with van der Waals surface area (Å²) < 4.78 is 39.1. The van der Waals surface area contributed by atoms with E-state index in [0.29, 0.717) is 30.0 Å². The van der Waals surface area contributed by atoms with E-state index in [4.69, 9.17) is 9.47 Å². The van der Waals surface area contributed by atoms with Crippen LogP contribution in [0.1, 0.15) is 38.3 Å². The molecule has 3 aromatic rings. The SMILES string of the molecule is CCOc1ccc(NC(=O)COc2ccc(/C=N\NC(=O)[C@@H](CC(C)C)NS(=O)(=O)c3ccc(C)cc3)cc2)cc1. The molecule has 0 saturated heterocycles. The number of hydrogen-bond acceptors (Lipinski definition) is 7. The van der Waals surface area contributed by atoms with Crippen LogP contribution in [-0.2, 0) is 19.6 Å². The summed E-state index contributed by atoms with van der Waals surface area (Å²) in [6.45, 7) is 7.95. The highest BCUT2D eigenvalue weighted by molar-refractivity contribution is 7.89. The number of rotatable bonds is 14. The molecule has 218 valence electrons. The van der Waals surface area contributed by atoms with E-state index in [-0.39, 0.29) is 23.3 Å². The van der Waals surface area contributed by atoms with Gasteiger partial charge in [0.25, 0.3) is 11.8 Å². The predicted molar refractivity (Wildman–Crippen MR) is 159 cm³/mol. The summed E-state index contributed by atoms with van der Waals surface area (Å²) in [7, 11) is -3.89. The van der Waals surface area contributed by atoms with Crippen LogP contribution in [-0.4, -0.2) is 45.7 Å². The number of sulfonamides is 1. The molecule has 0 heterocycles. The zero-order chi connectivity index (χ0) is 29.8. The second-order valence-electron chi connectivity index (χ2n) is 9.71. The van der Waals surface area contributed by atoms with Crippen LogP contribution in [0.4, 0.5) is 5.69 Å². The van der Waals surface area contributed by atoms with Gasteiger partial charge >= 0.3 is 0 Å². The standard InChI is InChI=1S/C30H36N4O6S/c1-5-39-25-14-10-24(11-15-25)32-29(35)20-40-26-12-8-23(9-13-26)19-31-33-30(36)28(18-21(2)3)34-41(37,38)27-16-6-22(4)7-17-27/h6-17,19,21,28,34H,5,18,20H2,1-4H3,(H,32,35)(H,33,36)/b31-19-/t28-/m1/s1. The van der Waals surface area contributed by atoms with Crippen LogP contribution in [0.2, 0.25) is 0 Å². The van der Waals surface area contributed by atoms with Crippen molar-refractivity contribution in [3.63, 3.8) is 0 Å². The van der Waals surface area contributed by atoms with E-state index in [2.05, 4.69) is 20.6 Å². The summed E-state index contributed by atoms with van der Waals surface area (Å²) in [5, 5.41) is 6.73. The van der Waals surface area contributed by atoms with E-state index in [1.165, 1.54) is 18.3 Å². The lowest BCUT2D eigenvalue weighted by atomic mass is 10.0. The van der Waals surface area contributed by atoms with E-state index in [0.717, 1.165) is 11.3 Å². The second kappa shape index (κ2) is 15.0. The first-order valence-electron chi connectivity index (χ1n) is 13.2. The summed E-state index contributed by atoms with van der Waals surface area (Å²) >= 11 is 0. The van der Waals surface area contributed by atoms with Gasteiger partial charge in [-0.2, -0.15) is 9.82 Å². The average Bonchev–Trinajstić information content (AvgIpc) is 2.93. The van der Waals surface area contributed by atoms with Crippen molar-refractivity contribution in [2.45, 2.75) is 45.1 Å². The largest absolute Gasteiger partial charge is 0.494 e. The Kier molecular flexibility index (Phi) is 11.4. The number of benzene rings is 3. The highest BCUT2D eigenvalue weighted by atomic mass is 32.2. The van der Waals surface area contributed by atoms with Gasteiger partial charge in [-0.15, -0.1) is 0 Å². The van der Waals surface area contributed by atoms with E-state index in [1.54, 1.807) is 60.7 Å². The molecule has 2 amide bonds. The Balaban J connectivity index is 1.51. The molecule has 0 aliphatic heterocycles. The van der Waals surface area contributed by atoms with Crippen molar-refractivity contribution in [3.8, 4) is 11.5 Å². The molecule has 3 aromatic carbocycles. The van der Waals surface area contributed by atoms with Crippen molar-refractivity contribution < 1.29 is 27.5 Å². The fourth-order valence-corrected chi connectivity index (χ4v) is 4.91. The highest BCUT2D eigenvalue weighted by Gasteiger charge is 2.26. The van der Waals surface area contributed by atoms with Crippen LogP contribution in [0, 0.1) is 12.8 Å². The molecule has 0 fully saturated rings. The van der Waals surface area contributed by atoms with Crippen molar-refractivity contribution in [1.29, 1.82) is 0 Å². The molecule has 0 radical (unpaired) electrons. The summed E-state index contributed by atoms with van der Waals surface area (Å²) in [6, 6.07) is 19.2. The third-order valence-electron chi connectivity index (χ3n) is 5.74. The number of hydrogen-bond donors (Lipinski definition) is 3. The maximum atomic E-state index is 12.8. The summed E-state index contributed by atoms with van der Waals surface area (Å²) in [5.74, 6) is 0.394. The Morgan fingerprint density at radius 1 is 0.902 bits per heavy atom. The van der Waals surface area contributed by atoms with E-state index in [9.17, 15) is 18.0 Å². The van der Waals surface area contributed by atoms with Gasteiger partial charge in [0.05, 0.1) is 17.7 Å². The zero-order valence-electron chi connectivity index (χ0n) is 23.6. The number of anilines is 1. The van der Waals surface area contributed by atoms with Crippen molar-refractivity contribution in [2.24, 2.45) is 11.0 Å². The van der Waals surface area contributed by atoms with Crippen LogP contribution in [0.3, 0.4) is 0 Å². The van der Waals surface area contributed by atoms with Crippen LogP contribution in [0.15, 0.2) is 82.8 Å². The number of aryl methyl sites for hydroxylation is 1. The number of hydrazone groups is 1. The molecule has 10 nitrogen and oxygen atoms in total. The van der Waals surface area contributed by atoms with Gasteiger partial charge in [0.2, 0.25) is 10.0 Å². The van der Waals surface area contributed by atoms with Crippen LogP contribution >= 0.6 is 0 Å². The van der Waals surface area contributed by atoms with Crippen LogP contribution < -0.4 is 24.9 Å². The van der Waals surface area contributed by atoms with Gasteiger partial charge in [0, 0.05) is 5.69 Å². The second-order valence-corrected chi connectivity index (χ2v) is 11.4. The smallest absolute Gasteiger partial charge is 0.262 e. The number of carbonyl (C=O) groups excluding carboxylic acids is 2. The van der Waals surface area contributed by atoms with E-state index in [1.807, 2.05) is 27.7 Å². The molecule has 0 aliphatic carbocycles. The quantitative estimate of drug-likeness (QED) is 0.193. The molecule has 0 bridgehead atoms. The Morgan fingerprint density at radius 3 is 2.12 bits per heavy atom. The minimum atomic E-state index is -3.89. The highest BCUT2D eigenvalue weighted by Crippen LogP contribution is 2.17. The van der Waals surface area contributed by atoms with Crippen molar-refractivity contribution in [2.75, 3.05) is 18.5 Å². The fraction of sp³-hybridized carbons (Fsp3) is 0.300. The van der Waals surface area contributed by atoms with Gasteiger partial charge in [0.15, 0.2) is 6.61 Å². The molecule has 0 aromatic heterocycles. The lowest BCUT2D eigenvalue weighted by Gasteiger charge is -2.19. The number of ether oxygens (including phenoxy) is 2. The summed E-state index contributed by atoms with van der Waals surface area (Å²) in [4.78, 5) is 25.1. The minimum Gasteiger partial charge on any atom is -0.494 e. The first-order valence-corrected chi connectivity index (χ1v) is 14.7. The Hall–Kier alpha value is -4.22. The van der Waals surface area contributed by atoms with Gasteiger partial charge < -0.3 is 14.8 Å². The average molecular weight is 581 g/mol. The fourth-order valence-electron chi connectivity index (χ4n) is 3.70. The molecule has 0 unspecified atom stereocenters. The van der Waals surface area contributed by atoms with Gasteiger partial charge in [0.1, 0.15) is 17.5 Å². The Bertz CT molecular complexity index is 1420. The third kappa shape index (κ3) is 10.4. The van der Waals surface area contributed by atoms with Gasteiger partial charge in [-0.1, -0.05) is 31.5 Å². The van der Waals surface area contributed by atoms with E-state index < -0.39 is 22.0 Å². The molecule has 3 rings (SSSR count). The molecule has 11 heteroatoms. The Labute approximate surface area is 241 Å². The minimum absolute atomic E-state index is 0.0611. The molecule has 3 N–H and O–H groups in total. The number of nitrogens with one attached hydrogen (secondary N) is 3. The van der Waals surface area contributed by atoms with Crippen LogP contribution in [0.25, 0.3) is 0 Å². The predicted octanol–water partition coefficient (Wildman–Crippen LogP) is 4.25. The summed E-state index contributed by atoms with van der Waals surface area (Å²) in [6.07, 6.45) is 1.73. The number of amides is 2. The Morgan fingerprint density at radius 2 is 1.51 bits per heavy atom. The maximum Gasteiger partial charge on any atom is 0.262 e. The summed E-state index contributed by atoms with van der Waals surface area (Å²) in [5.41, 5.74) is 4.65. The molecule has 1 atom stereocenters. The zero-order valence-corrected chi connectivity index (χ0v) is 24.4.